The fourth-order valence-electron chi connectivity index (χ4n) is 16.3. The Morgan fingerprint density at radius 1 is 0.378 bits per heavy atom. The Morgan fingerprint density at radius 3 is 1.18 bits per heavy atom. The van der Waals surface area contributed by atoms with Crippen LogP contribution in [-0.4, -0.2) is 319 Å². The van der Waals surface area contributed by atoms with Gasteiger partial charge in [-0.2, -0.15) is 25.3 Å². The highest BCUT2D eigenvalue weighted by molar-refractivity contribution is 7.80. The molecule has 0 saturated carbocycles. The molecule has 1 aliphatic heterocycles. The molecule has 796 valence electrons. The fraction of sp³-hybridized carbons (Fsp3) is 0.423. The summed E-state index contributed by atoms with van der Waals surface area (Å²) in [5, 5.41) is 115. The normalized spacial score (nSPS) is 15.3. The number of carbonyl (C=O) groups excluding carboxylic acids is 15. The van der Waals surface area contributed by atoms with Gasteiger partial charge in [-0.25, -0.2) is 9.78 Å². The monoisotopic (exact) mass is 2090 g/mol. The smallest absolute Gasteiger partial charge is 0.328 e. The van der Waals surface area contributed by atoms with Gasteiger partial charge in [0.15, 0.2) is 0 Å². The van der Waals surface area contributed by atoms with E-state index in [4.69, 9.17) is 17.2 Å². The zero-order chi connectivity index (χ0) is 108. The lowest BCUT2D eigenvalue weighted by atomic mass is 10.0. The Hall–Kier alpha value is -15.6. The maximum atomic E-state index is 15.5. The van der Waals surface area contributed by atoms with Gasteiger partial charge in [-0.15, -0.1) is 0 Å². The number of hydrogen-bond acceptors (Lipinski definition) is 29. The van der Waals surface area contributed by atoms with Crippen LogP contribution in [0.15, 0.2) is 152 Å². The lowest BCUT2D eigenvalue weighted by Gasteiger charge is -2.31. The van der Waals surface area contributed by atoms with Gasteiger partial charge in [-0.1, -0.05) is 91.0 Å². The molecule has 1 aliphatic rings. The van der Waals surface area contributed by atoms with Crippen molar-refractivity contribution in [1.29, 1.82) is 0 Å². The Kier molecular flexibility index (Phi) is 45.4. The highest BCUT2D eigenvalue weighted by Crippen LogP contribution is 2.26. The number of phenols is 2. The number of carboxylic acid groups (broad SMARTS) is 4. The molecule has 51 heteroatoms. The van der Waals surface area contributed by atoms with Crippen LogP contribution in [0.25, 0.3) is 21.8 Å². The number of nitrogens with zero attached hydrogens (tertiary/aromatic N) is 2. The van der Waals surface area contributed by atoms with Crippen LogP contribution in [-0.2, 0) is 130 Å². The van der Waals surface area contributed by atoms with E-state index >= 15 is 19.2 Å². The summed E-state index contributed by atoms with van der Waals surface area (Å²) < 4.78 is 0. The minimum absolute atomic E-state index is 0.00949. The number of unbranched alkanes of at least 4 members (excludes halogenated alkanes) is 2. The van der Waals surface area contributed by atoms with Crippen LogP contribution in [0.1, 0.15) is 111 Å². The number of carboxylic acids is 4. The van der Waals surface area contributed by atoms with Gasteiger partial charge in [0.05, 0.1) is 38.4 Å². The minimum Gasteiger partial charge on any atom is -0.508 e. The number of rotatable bonds is 61. The first-order valence-electron chi connectivity index (χ1n) is 47.5. The molecule has 31 N–H and O–H groups in total. The van der Waals surface area contributed by atoms with Crippen molar-refractivity contribution < 1.29 is 132 Å². The Balaban J connectivity index is 0.929. The molecule has 8 aromatic rings. The number of aromatic amines is 3. The topological polar surface area (TPSA) is 796 Å². The van der Waals surface area contributed by atoms with Crippen molar-refractivity contribution >= 4 is 160 Å². The number of H-pyrrole nitrogens is 3. The summed E-state index contributed by atoms with van der Waals surface area (Å²) in [4.78, 5) is 282. The van der Waals surface area contributed by atoms with Crippen molar-refractivity contribution in [3.63, 3.8) is 0 Å². The molecule has 0 radical (unpaired) electrons. The molecule has 0 aliphatic carbocycles. The second kappa shape index (κ2) is 57.9. The fourth-order valence-corrected chi connectivity index (χ4v) is 16.8. The first-order chi connectivity index (χ1) is 70.8. The highest BCUT2D eigenvalue weighted by atomic mass is 32.1. The van der Waals surface area contributed by atoms with Gasteiger partial charge < -0.3 is 152 Å². The second-order valence-electron chi connectivity index (χ2n) is 35.3. The van der Waals surface area contributed by atoms with Gasteiger partial charge in [0.1, 0.15) is 102 Å². The van der Waals surface area contributed by atoms with Crippen molar-refractivity contribution in [2.75, 3.05) is 44.4 Å². The number of carbonyl (C=O) groups is 19. The number of fused-ring (bicyclic) bond motifs is 2. The van der Waals surface area contributed by atoms with Gasteiger partial charge in [-0.3, -0.25) is 86.3 Å². The summed E-state index contributed by atoms with van der Waals surface area (Å²) in [6.45, 7) is -2.30. The van der Waals surface area contributed by atoms with Crippen molar-refractivity contribution in [2.24, 2.45) is 17.2 Å². The Labute approximate surface area is 857 Å². The average Bonchev–Trinajstić information content (AvgIpc) is 1.66. The van der Waals surface area contributed by atoms with Crippen LogP contribution < -0.4 is 91.6 Å². The Morgan fingerprint density at radius 2 is 0.743 bits per heavy atom. The average molecular weight is 2090 g/mol. The molecular weight excluding hydrogens is 1970 g/mol. The van der Waals surface area contributed by atoms with Crippen LogP contribution in [0.5, 0.6) is 11.5 Å². The number of aliphatic hydroxyl groups is 2. The molecule has 0 bridgehead atoms. The summed E-state index contributed by atoms with van der Waals surface area (Å²) in [5.41, 5.74) is 22.2. The van der Waals surface area contributed by atoms with Gasteiger partial charge >= 0.3 is 23.9 Å². The van der Waals surface area contributed by atoms with E-state index in [0.29, 0.717) is 56.0 Å². The zero-order valence-corrected chi connectivity index (χ0v) is 82.0. The predicted octanol–water partition coefficient (Wildman–Crippen LogP) is -4.35. The van der Waals surface area contributed by atoms with E-state index in [1.165, 1.54) is 48.9 Å². The molecule has 4 heterocycles. The highest BCUT2D eigenvalue weighted by Gasteiger charge is 2.43. The molecular formula is C97H124N22O27S2. The van der Waals surface area contributed by atoms with Crippen LogP contribution in [0.4, 0.5) is 0 Å². The van der Waals surface area contributed by atoms with Crippen molar-refractivity contribution in [1.82, 2.24) is 99.3 Å². The number of nitrogens with one attached hydrogen (secondary N) is 17. The molecule has 3 aromatic heterocycles. The maximum Gasteiger partial charge on any atom is 0.328 e. The first-order valence-corrected chi connectivity index (χ1v) is 48.8. The van der Waals surface area contributed by atoms with E-state index < -0.39 is 266 Å². The van der Waals surface area contributed by atoms with Crippen molar-refractivity contribution in [3.05, 3.63) is 186 Å². The quantitative estimate of drug-likeness (QED) is 0.0127. The summed E-state index contributed by atoms with van der Waals surface area (Å²) in [6.07, 6.45) is 0.518. The third-order valence-corrected chi connectivity index (χ3v) is 25.0. The first kappa shape index (κ1) is 116. The second-order valence-corrected chi connectivity index (χ2v) is 36.0. The van der Waals surface area contributed by atoms with Crippen LogP contribution in [0.3, 0.4) is 0 Å². The van der Waals surface area contributed by atoms with Crippen molar-refractivity contribution in [3.8, 4) is 11.5 Å². The summed E-state index contributed by atoms with van der Waals surface area (Å²) in [5.74, 6) is -24.3. The number of aliphatic carboxylic acids is 4. The molecule has 148 heavy (non-hydrogen) atoms. The number of para-hydroxylation sites is 2. The van der Waals surface area contributed by atoms with Gasteiger partial charge in [0.25, 0.3) is 0 Å². The Bertz CT molecular complexity index is 5940. The number of hydrogen-bond donors (Lipinski definition) is 30. The number of thiol groups is 2. The molecule has 16 atom stereocenters. The summed E-state index contributed by atoms with van der Waals surface area (Å²) >= 11 is 8.62. The molecule has 0 unspecified atom stereocenters. The predicted molar refractivity (Wildman–Crippen MR) is 537 cm³/mol. The van der Waals surface area contributed by atoms with Gasteiger partial charge in [-0.05, 0) is 142 Å². The number of phenolic OH excluding ortho intramolecular Hbond substituents is 2. The number of aromatic nitrogens is 4. The maximum absolute atomic E-state index is 15.5. The van der Waals surface area contributed by atoms with Crippen LogP contribution in [0, 0.1) is 0 Å². The van der Waals surface area contributed by atoms with Crippen LogP contribution >= 0.6 is 25.3 Å². The molecule has 0 spiro atoms. The number of aromatic hydroxyl groups is 2. The largest absolute Gasteiger partial charge is 0.508 e. The standard InChI is InChI=1S/C97H124N22O27S2/c98-32-10-8-19-64(106-93(141)76(48-147)117-87(135)68(37-53-24-28-58(123)29-25-53)110-88(136)69(38-54-43-102-62-17-6-4-15-59(54)62)108-82(130)61(100)35-52-22-26-57(122)27-23-52)83(131)111-70(39-55-44-103-63-18-7-5-16-60(55)63)89(137)109-67(36-51-13-2-1-3-14-51)86(134)107-66(30-31-79(124)125)85(133)112-71(41-80(126)127)90(138)105-65(20-9-11-33-99)84(132)114-73(40-56-45-101-50-104-56)96(144)119-34-12-21-78(119)95(143)118-77(49-148)94(142)113-72(42-81(128)129)91(139)115-74(46-120)92(140)116-75(47-121)97(145)146/h1-7,13-18,22-29,43-45,50,61,64-78,102-103,120-123,147-148H,8-12,19-21,30-42,46-49,98-100H2,(H,101,104)(H,105,138)(H,106,141)(H,107,134)(H,108,130)(H,109,137)(H,110,136)(H,111,131)(H,112,133)(H,113,142)(H,114,132)(H,115,139)(H,116,140)(H,117,135)(H,118,143)(H,124,125)(H,126,127)(H,128,129)(H,145,146)/t61-,64-,65-,66-,67-,68-,69-,70-,71-,72-,73-,74-,75-,76-,77-,78-/m0/s1. The summed E-state index contributed by atoms with van der Waals surface area (Å²) in [6, 6.07) is 6.36. The SMILES string of the molecule is NCCCC[C@H](NC(=O)[C@H](CS)NC(=O)[C@H](Cc1ccc(O)cc1)NC(=O)[C@H](Cc1c[nH]c2ccccc12)NC(=O)[C@@H](N)Cc1ccc(O)cc1)C(=O)N[C@@H](Cc1c[nH]c2ccccc12)C(=O)N[C@@H](Cc1ccccc1)C(=O)N[C@@H](CCC(=O)O)C(=O)N[C@@H](CC(=O)O)C(=O)N[C@@H](CCCCN)C(=O)N[C@@H](Cc1cnc[nH]1)C(=O)N1CCC[C@H]1C(=O)N[C@@H](CS)C(=O)N[C@@H](CC(=O)O)C(=O)N[C@@H](CO)C(=O)N[C@@H](CO)C(=O)O. The number of likely N-dealkylation sites (tertiary alicyclic amines) is 1. The number of amides is 15. The van der Waals surface area contributed by atoms with E-state index in [-0.39, 0.29) is 114 Å². The van der Waals surface area contributed by atoms with Gasteiger partial charge in [0, 0.05) is 103 Å². The molecule has 9 rings (SSSR count). The number of nitrogens with two attached hydrogens (primary N) is 3. The lowest BCUT2D eigenvalue weighted by Crippen LogP contribution is -2.62. The third-order valence-electron chi connectivity index (χ3n) is 24.3. The number of imidazole rings is 1. The van der Waals surface area contributed by atoms with E-state index in [9.17, 15) is 113 Å². The lowest BCUT2D eigenvalue weighted by molar-refractivity contribution is -0.144. The van der Waals surface area contributed by atoms with Crippen LogP contribution in [0.2, 0.25) is 0 Å². The molecule has 1 fully saturated rings. The van der Waals surface area contributed by atoms with E-state index in [2.05, 4.69) is 109 Å². The zero-order valence-electron chi connectivity index (χ0n) is 80.2. The number of benzene rings is 5. The van der Waals surface area contributed by atoms with E-state index in [1.54, 1.807) is 103 Å². The third kappa shape index (κ3) is 35.4. The number of aliphatic hydroxyl groups excluding tert-OH is 2. The molecule has 15 amide bonds. The minimum atomic E-state index is -2.17. The molecule has 49 nitrogen and oxygen atoms in total. The molecule has 1 saturated heterocycles. The molecule has 5 aromatic carbocycles. The summed E-state index contributed by atoms with van der Waals surface area (Å²) in [7, 11) is 0. The van der Waals surface area contributed by atoms with E-state index in [0.717, 1.165) is 4.90 Å². The van der Waals surface area contributed by atoms with E-state index in [1.807, 2.05) is 10.6 Å². The van der Waals surface area contributed by atoms with Crippen molar-refractivity contribution in [2.45, 2.75) is 212 Å². The van der Waals surface area contributed by atoms with Gasteiger partial charge in [0.2, 0.25) is 88.6 Å².